The van der Waals surface area contributed by atoms with Gasteiger partial charge in [0.05, 0.1) is 11.4 Å². The summed E-state index contributed by atoms with van der Waals surface area (Å²) in [6.45, 7) is 4.36. The number of rotatable bonds is 6. The third kappa shape index (κ3) is 4.74. The zero-order valence-electron chi connectivity index (χ0n) is 18.4. The molecule has 0 aliphatic heterocycles. The maximum absolute atomic E-state index is 12.7. The highest BCUT2D eigenvalue weighted by atomic mass is 16.5. The first kappa shape index (κ1) is 21.8. The van der Waals surface area contributed by atoms with E-state index in [1.165, 1.54) is 0 Å². The van der Waals surface area contributed by atoms with Crippen LogP contribution in [0.4, 0.5) is 0 Å². The highest BCUT2D eigenvalue weighted by Gasteiger charge is 2.36. The number of aliphatic carboxylic acids is 1. The quantitative estimate of drug-likeness (QED) is 0.587. The molecule has 1 fully saturated rings. The van der Waals surface area contributed by atoms with E-state index in [1.54, 1.807) is 24.3 Å². The van der Waals surface area contributed by atoms with Crippen LogP contribution in [0.2, 0.25) is 0 Å². The highest BCUT2D eigenvalue weighted by molar-refractivity contribution is 5.94. The molecule has 0 radical (unpaired) electrons. The molecule has 3 atom stereocenters. The second-order valence-electron chi connectivity index (χ2n) is 8.61. The predicted molar refractivity (Wildman–Crippen MR) is 123 cm³/mol. The van der Waals surface area contributed by atoms with Gasteiger partial charge in [0.15, 0.2) is 0 Å². The molecule has 0 bridgehead atoms. The maximum atomic E-state index is 12.7. The summed E-state index contributed by atoms with van der Waals surface area (Å²) in [5.41, 5.74) is 3.42. The molecule has 6 nitrogen and oxygen atoms in total. The maximum Gasteiger partial charge on any atom is 0.308 e. The number of amides is 1. The van der Waals surface area contributed by atoms with Gasteiger partial charge in [0.2, 0.25) is 0 Å². The number of para-hydroxylation sites is 1. The average Bonchev–Trinajstić information content (AvgIpc) is 2.78. The number of hydrogen-bond acceptors (Lipinski definition) is 4. The van der Waals surface area contributed by atoms with Gasteiger partial charge in [-0.25, -0.2) is 0 Å². The van der Waals surface area contributed by atoms with Crippen LogP contribution in [-0.2, 0) is 11.4 Å². The van der Waals surface area contributed by atoms with Crippen LogP contribution in [0.1, 0.15) is 47.8 Å². The Balaban J connectivity index is 1.42. The van der Waals surface area contributed by atoms with Crippen molar-refractivity contribution in [1.82, 2.24) is 10.3 Å². The molecule has 4 rings (SSSR count). The normalized spacial score (nSPS) is 20.6. The molecule has 2 aromatic carbocycles. The summed E-state index contributed by atoms with van der Waals surface area (Å²) in [6, 6.07) is 16.6. The molecule has 0 spiro atoms. The number of aryl methyl sites for hydroxylation is 1. The smallest absolute Gasteiger partial charge is 0.308 e. The Bertz CT molecular complexity index is 1130. The van der Waals surface area contributed by atoms with Crippen LogP contribution in [-0.4, -0.2) is 28.0 Å². The Kier molecular flexibility index (Phi) is 6.40. The molecule has 1 saturated carbocycles. The number of carbonyl (C=O) groups excluding carboxylic acids is 1. The zero-order valence-corrected chi connectivity index (χ0v) is 18.4. The number of nitrogens with zero attached hydrogens (tertiary/aromatic N) is 1. The number of fused-ring (bicyclic) bond motifs is 1. The molecule has 32 heavy (non-hydrogen) atoms. The van der Waals surface area contributed by atoms with Crippen molar-refractivity contribution in [3.8, 4) is 5.75 Å². The van der Waals surface area contributed by atoms with Crippen LogP contribution in [0, 0.1) is 18.8 Å². The van der Waals surface area contributed by atoms with Crippen molar-refractivity contribution in [3.05, 3.63) is 71.4 Å². The van der Waals surface area contributed by atoms with Crippen molar-refractivity contribution in [2.75, 3.05) is 0 Å². The highest BCUT2D eigenvalue weighted by Crippen LogP contribution is 2.30. The first-order chi connectivity index (χ1) is 15.4. The molecule has 3 aromatic rings. The van der Waals surface area contributed by atoms with E-state index in [9.17, 15) is 14.7 Å². The van der Waals surface area contributed by atoms with Crippen LogP contribution >= 0.6 is 0 Å². The molecule has 1 heterocycles. The minimum atomic E-state index is -0.843. The number of carboxylic acid groups (broad SMARTS) is 1. The van der Waals surface area contributed by atoms with E-state index in [4.69, 9.17) is 4.74 Å². The van der Waals surface area contributed by atoms with Crippen molar-refractivity contribution in [3.63, 3.8) is 0 Å². The van der Waals surface area contributed by atoms with E-state index < -0.39 is 11.9 Å². The first-order valence-corrected chi connectivity index (χ1v) is 11.0. The Morgan fingerprint density at radius 1 is 1.12 bits per heavy atom. The molecule has 166 valence electrons. The average molecular weight is 433 g/mol. The number of nitrogens with one attached hydrogen (secondary N) is 1. The number of carbonyl (C=O) groups is 2. The Hall–Kier alpha value is -3.41. The van der Waals surface area contributed by atoms with E-state index in [0.29, 0.717) is 24.3 Å². The molecule has 1 aliphatic carbocycles. The summed E-state index contributed by atoms with van der Waals surface area (Å²) >= 11 is 0. The SMILES string of the molecule is Cc1cc(COc2ccc(C(=O)NC3[C@@H](C(=O)O)CCC[C@@H]3C)cc2)c2ccccc2n1. The van der Waals surface area contributed by atoms with Gasteiger partial charge in [-0.15, -0.1) is 0 Å². The van der Waals surface area contributed by atoms with Gasteiger partial charge in [-0.2, -0.15) is 0 Å². The van der Waals surface area contributed by atoms with E-state index in [-0.39, 0.29) is 17.9 Å². The minimum Gasteiger partial charge on any atom is -0.489 e. The molecule has 0 saturated heterocycles. The van der Waals surface area contributed by atoms with Gasteiger partial charge in [-0.3, -0.25) is 14.6 Å². The summed E-state index contributed by atoms with van der Waals surface area (Å²) in [7, 11) is 0. The van der Waals surface area contributed by atoms with Gasteiger partial charge in [0, 0.05) is 28.2 Å². The number of pyridine rings is 1. The van der Waals surface area contributed by atoms with Crippen molar-refractivity contribution >= 4 is 22.8 Å². The van der Waals surface area contributed by atoms with Crippen molar-refractivity contribution in [2.45, 2.75) is 45.8 Å². The van der Waals surface area contributed by atoms with Crippen molar-refractivity contribution in [1.29, 1.82) is 0 Å². The monoisotopic (exact) mass is 432 g/mol. The lowest BCUT2D eigenvalue weighted by Gasteiger charge is -2.34. The van der Waals surface area contributed by atoms with E-state index >= 15 is 0 Å². The van der Waals surface area contributed by atoms with Gasteiger partial charge in [0.1, 0.15) is 12.4 Å². The lowest BCUT2D eigenvalue weighted by atomic mass is 9.77. The van der Waals surface area contributed by atoms with Crippen molar-refractivity contribution in [2.24, 2.45) is 11.8 Å². The summed E-state index contributed by atoms with van der Waals surface area (Å²) in [6.07, 6.45) is 2.40. The molecular formula is C26H28N2O4. The summed E-state index contributed by atoms with van der Waals surface area (Å²) in [4.78, 5) is 28.9. The van der Waals surface area contributed by atoms with Crippen LogP contribution in [0.25, 0.3) is 10.9 Å². The fourth-order valence-electron chi connectivity index (χ4n) is 4.55. The second-order valence-corrected chi connectivity index (χ2v) is 8.61. The number of benzene rings is 2. The third-order valence-corrected chi connectivity index (χ3v) is 6.28. The Labute approximate surface area is 187 Å². The van der Waals surface area contributed by atoms with Gasteiger partial charge < -0.3 is 15.2 Å². The topological polar surface area (TPSA) is 88.5 Å². The van der Waals surface area contributed by atoms with E-state index in [0.717, 1.165) is 35.0 Å². The number of hydrogen-bond donors (Lipinski definition) is 2. The molecule has 1 amide bonds. The molecule has 1 aromatic heterocycles. The Morgan fingerprint density at radius 2 is 1.88 bits per heavy atom. The van der Waals surface area contributed by atoms with Crippen LogP contribution in [0.15, 0.2) is 54.6 Å². The number of carboxylic acids is 1. The first-order valence-electron chi connectivity index (χ1n) is 11.0. The molecule has 2 N–H and O–H groups in total. The Morgan fingerprint density at radius 3 is 2.62 bits per heavy atom. The summed E-state index contributed by atoms with van der Waals surface area (Å²) in [5, 5.41) is 13.5. The molecule has 1 unspecified atom stereocenters. The van der Waals surface area contributed by atoms with Gasteiger partial charge in [-0.1, -0.05) is 31.5 Å². The second kappa shape index (κ2) is 9.39. The molecular weight excluding hydrogens is 404 g/mol. The number of aromatic nitrogens is 1. The predicted octanol–water partition coefficient (Wildman–Crippen LogP) is 4.74. The molecule has 6 heteroatoms. The lowest BCUT2D eigenvalue weighted by molar-refractivity contribution is -0.144. The van der Waals surface area contributed by atoms with E-state index in [2.05, 4.69) is 10.3 Å². The van der Waals surface area contributed by atoms with Crippen LogP contribution in [0.3, 0.4) is 0 Å². The van der Waals surface area contributed by atoms with Crippen molar-refractivity contribution < 1.29 is 19.4 Å². The summed E-state index contributed by atoms with van der Waals surface area (Å²) in [5.74, 6) is -0.838. The minimum absolute atomic E-state index is 0.134. The lowest BCUT2D eigenvalue weighted by Crippen LogP contribution is -2.49. The third-order valence-electron chi connectivity index (χ3n) is 6.28. The fraction of sp³-hybridized carbons (Fsp3) is 0.346. The van der Waals surface area contributed by atoms with Gasteiger partial charge >= 0.3 is 5.97 Å². The zero-order chi connectivity index (χ0) is 22.7. The van der Waals surface area contributed by atoms with Gasteiger partial charge in [0.25, 0.3) is 5.91 Å². The van der Waals surface area contributed by atoms with E-state index in [1.807, 2.05) is 44.2 Å². The van der Waals surface area contributed by atoms with Crippen LogP contribution < -0.4 is 10.1 Å². The van der Waals surface area contributed by atoms with Gasteiger partial charge in [-0.05, 0) is 62.1 Å². The fourth-order valence-corrected chi connectivity index (χ4v) is 4.55. The standard InChI is InChI=1S/C26H28N2O4/c1-16-6-5-8-22(26(30)31)24(16)28-25(29)18-10-12-20(13-11-18)32-15-19-14-17(2)27-23-9-4-3-7-21(19)23/h3-4,7,9-14,16,22,24H,5-6,8,15H2,1-2H3,(H,28,29)(H,30,31)/t16-,22-,24?/m0/s1. The summed E-state index contributed by atoms with van der Waals surface area (Å²) < 4.78 is 5.97. The van der Waals surface area contributed by atoms with Crippen LogP contribution in [0.5, 0.6) is 5.75 Å². The number of ether oxygens (including phenoxy) is 1. The molecule has 1 aliphatic rings. The largest absolute Gasteiger partial charge is 0.489 e.